The second-order valence-electron chi connectivity index (χ2n) is 8.33. The summed E-state index contributed by atoms with van der Waals surface area (Å²) in [7, 11) is -3.50. The van der Waals surface area contributed by atoms with E-state index < -0.39 is 10.0 Å². The van der Waals surface area contributed by atoms with Gasteiger partial charge in [0.15, 0.2) is 5.13 Å². The van der Waals surface area contributed by atoms with Gasteiger partial charge in [0.1, 0.15) is 0 Å². The van der Waals surface area contributed by atoms with E-state index in [2.05, 4.69) is 25.5 Å². The lowest BCUT2D eigenvalue weighted by molar-refractivity contribution is -0.122. The maximum Gasteiger partial charge on any atom is 0.243 e. The van der Waals surface area contributed by atoms with E-state index in [1.54, 1.807) is 35.6 Å². The summed E-state index contributed by atoms with van der Waals surface area (Å²) in [6.45, 7) is 7.82. The molecule has 2 saturated heterocycles. The number of benzene rings is 1. The lowest BCUT2D eigenvalue weighted by Crippen LogP contribution is -2.40. The third-order valence-corrected chi connectivity index (χ3v) is 8.79. The molecule has 4 rings (SSSR count). The van der Waals surface area contributed by atoms with E-state index in [1.807, 2.05) is 6.92 Å². The van der Waals surface area contributed by atoms with Gasteiger partial charge in [-0.3, -0.25) is 9.69 Å². The van der Waals surface area contributed by atoms with Crippen LogP contribution in [0, 0.1) is 6.92 Å². The van der Waals surface area contributed by atoms with Gasteiger partial charge in [0.05, 0.1) is 30.3 Å². The van der Waals surface area contributed by atoms with Crippen LogP contribution in [-0.2, 0) is 26.1 Å². The average Bonchev–Trinajstić information content (AvgIpc) is 3.13. The second-order valence-corrected chi connectivity index (χ2v) is 11.1. The molecule has 2 fully saturated rings. The minimum Gasteiger partial charge on any atom is -0.379 e. The molecule has 0 radical (unpaired) electrons. The Labute approximate surface area is 199 Å². The normalized spacial score (nSPS) is 18.8. The topological polar surface area (TPSA) is 95.1 Å². The van der Waals surface area contributed by atoms with Gasteiger partial charge < -0.3 is 15.0 Å². The number of nitrogens with zero attached hydrogens (tertiary/aromatic N) is 4. The molecule has 33 heavy (non-hydrogen) atoms. The molecule has 0 saturated carbocycles. The number of amides is 1. The number of hydrogen-bond acceptors (Lipinski definition) is 8. The van der Waals surface area contributed by atoms with Gasteiger partial charge in [0, 0.05) is 51.2 Å². The van der Waals surface area contributed by atoms with E-state index in [0.29, 0.717) is 39.4 Å². The number of aromatic nitrogens is 1. The van der Waals surface area contributed by atoms with E-state index in [1.165, 1.54) is 4.31 Å². The zero-order valence-corrected chi connectivity index (χ0v) is 20.5. The Balaban J connectivity index is 1.24. The van der Waals surface area contributed by atoms with Gasteiger partial charge in [-0.1, -0.05) is 12.1 Å². The Bertz CT molecular complexity index is 1040. The summed E-state index contributed by atoms with van der Waals surface area (Å²) in [4.78, 5) is 21.8. The second kappa shape index (κ2) is 10.9. The fourth-order valence-corrected chi connectivity index (χ4v) is 6.25. The van der Waals surface area contributed by atoms with Crippen molar-refractivity contribution in [3.05, 3.63) is 40.9 Å². The Kier molecular flexibility index (Phi) is 7.97. The number of anilines is 1. The van der Waals surface area contributed by atoms with E-state index in [0.717, 1.165) is 49.0 Å². The zero-order valence-electron chi connectivity index (χ0n) is 18.9. The van der Waals surface area contributed by atoms with Crippen molar-refractivity contribution in [1.29, 1.82) is 0 Å². The van der Waals surface area contributed by atoms with Crippen molar-refractivity contribution in [3.63, 3.8) is 0 Å². The third-order valence-electron chi connectivity index (χ3n) is 5.85. The van der Waals surface area contributed by atoms with Crippen molar-refractivity contribution in [2.75, 3.05) is 63.9 Å². The molecule has 3 heterocycles. The quantitative estimate of drug-likeness (QED) is 0.621. The van der Waals surface area contributed by atoms with Crippen molar-refractivity contribution in [2.24, 2.45) is 0 Å². The molecule has 2 aromatic rings. The SMILES string of the molecule is Cc1csc(N2CCCN(CC(=O)NCc3ccc(S(=O)(=O)N4CCOCC4)cc3)CC2)n1. The highest BCUT2D eigenvalue weighted by atomic mass is 32.2. The minimum atomic E-state index is -3.50. The van der Waals surface area contributed by atoms with Crippen LogP contribution in [0.4, 0.5) is 5.13 Å². The lowest BCUT2D eigenvalue weighted by Gasteiger charge is -2.26. The number of ether oxygens (including phenoxy) is 1. The summed E-state index contributed by atoms with van der Waals surface area (Å²) in [5.41, 5.74) is 1.91. The number of sulfonamides is 1. The highest BCUT2D eigenvalue weighted by Gasteiger charge is 2.26. The minimum absolute atomic E-state index is 0.0291. The largest absolute Gasteiger partial charge is 0.379 e. The summed E-state index contributed by atoms with van der Waals surface area (Å²) in [6, 6.07) is 6.73. The van der Waals surface area contributed by atoms with Crippen molar-refractivity contribution < 1.29 is 17.9 Å². The summed E-state index contributed by atoms with van der Waals surface area (Å²) in [6.07, 6.45) is 0.991. The number of thiazole rings is 1. The maximum absolute atomic E-state index is 12.7. The summed E-state index contributed by atoms with van der Waals surface area (Å²) in [5.74, 6) is -0.0291. The molecule has 0 aliphatic carbocycles. The molecule has 0 bridgehead atoms. The van der Waals surface area contributed by atoms with Crippen LogP contribution < -0.4 is 10.2 Å². The number of aryl methyl sites for hydroxylation is 1. The van der Waals surface area contributed by atoms with Gasteiger partial charge in [0.2, 0.25) is 15.9 Å². The van der Waals surface area contributed by atoms with Crippen LogP contribution in [0.2, 0.25) is 0 Å². The molecule has 180 valence electrons. The molecular weight excluding hydrogens is 462 g/mol. The molecule has 1 aromatic heterocycles. The lowest BCUT2D eigenvalue weighted by atomic mass is 10.2. The number of hydrogen-bond donors (Lipinski definition) is 1. The first kappa shape index (κ1) is 24.1. The van der Waals surface area contributed by atoms with Crippen LogP contribution in [0.25, 0.3) is 0 Å². The molecule has 1 amide bonds. The molecule has 2 aliphatic heterocycles. The molecule has 9 nitrogen and oxygen atoms in total. The Hall–Kier alpha value is -2.05. The number of nitrogens with one attached hydrogen (secondary N) is 1. The van der Waals surface area contributed by atoms with Crippen molar-refractivity contribution in [2.45, 2.75) is 24.8 Å². The molecule has 11 heteroatoms. The van der Waals surface area contributed by atoms with Gasteiger partial charge in [-0.15, -0.1) is 11.3 Å². The van der Waals surface area contributed by atoms with Crippen molar-refractivity contribution >= 4 is 32.4 Å². The molecule has 0 atom stereocenters. The average molecular weight is 494 g/mol. The molecule has 1 aromatic carbocycles. The van der Waals surface area contributed by atoms with E-state index in [4.69, 9.17) is 4.74 Å². The fourth-order valence-electron chi connectivity index (χ4n) is 3.98. The Morgan fingerprint density at radius 2 is 1.85 bits per heavy atom. The number of rotatable bonds is 7. The molecule has 0 spiro atoms. The summed E-state index contributed by atoms with van der Waals surface area (Å²) < 4.78 is 32.1. The van der Waals surface area contributed by atoms with Gasteiger partial charge in [-0.05, 0) is 31.0 Å². The maximum atomic E-state index is 12.7. The van der Waals surface area contributed by atoms with Gasteiger partial charge in [-0.25, -0.2) is 13.4 Å². The number of morpholine rings is 1. The highest BCUT2D eigenvalue weighted by Crippen LogP contribution is 2.21. The molecule has 0 unspecified atom stereocenters. The summed E-state index contributed by atoms with van der Waals surface area (Å²) in [5, 5.41) is 6.07. The first-order valence-corrected chi connectivity index (χ1v) is 13.6. The van der Waals surface area contributed by atoms with Crippen LogP contribution in [0.5, 0.6) is 0 Å². The van der Waals surface area contributed by atoms with Crippen molar-refractivity contribution in [1.82, 2.24) is 19.5 Å². The van der Waals surface area contributed by atoms with Gasteiger partial charge >= 0.3 is 0 Å². The predicted octanol–water partition coefficient (Wildman–Crippen LogP) is 1.30. The van der Waals surface area contributed by atoms with E-state index >= 15 is 0 Å². The predicted molar refractivity (Wildman–Crippen MR) is 128 cm³/mol. The monoisotopic (exact) mass is 493 g/mol. The van der Waals surface area contributed by atoms with E-state index in [9.17, 15) is 13.2 Å². The number of carbonyl (C=O) groups is 1. The van der Waals surface area contributed by atoms with Gasteiger partial charge in [-0.2, -0.15) is 4.31 Å². The zero-order chi connectivity index (χ0) is 23.3. The van der Waals surface area contributed by atoms with Crippen LogP contribution >= 0.6 is 11.3 Å². The number of carbonyl (C=O) groups excluding carboxylic acids is 1. The van der Waals surface area contributed by atoms with Gasteiger partial charge in [0.25, 0.3) is 0 Å². The fraction of sp³-hybridized carbons (Fsp3) is 0.545. The summed E-state index contributed by atoms with van der Waals surface area (Å²) >= 11 is 1.67. The first-order valence-electron chi connectivity index (χ1n) is 11.2. The third kappa shape index (κ3) is 6.30. The Morgan fingerprint density at radius 3 is 2.55 bits per heavy atom. The molecule has 2 aliphatic rings. The first-order chi connectivity index (χ1) is 15.9. The molecule has 1 N–H and O–H groups in total. The van der Waals surface area contributed by atoms with Crippen LogP contribution in [0.1, 0.15) is 17.7 Å². The highest BCUT2D eigenvalue weighted by molar-refractivity contribution is 7.89. The van der Waals surface area contributed by atoms with Crippen molar-refractivity contribution in [3.8, 4) is 0 Å². The molecular formula is C22H31N5O4S2. The smallest absolute Gasteiger partial charge is 0.243 e. The Morgan fingerprint density at radius 1 is 1.09 bits per heavy atom. The van der Waals surface area contributed by atoms with Crippen LogP contribution in [0.15, 0.2) is 34.5 Å². The van der Waals surface area contributed by atoms with Crippen LogP contribution in [0.3, 0.4) is 0 Å². The van der Waals surface area contributed by atoms with E-state index in [-0.39, 0.29) is 10.8 Å². The standard InChI is InChI=1S/C22H31N5O4S2/c1-18-17-32-22(24-18)26-8-2-7-25(9-10-26)16-21(28)23-15-19-3-5-20(6-4-19)33(29,30)27-11-13-31-14-12-27/h3-6,17H,2,7-16H2,1H3,(H,23,28). The van der Waals surface area contributed by atoms with Crippen LogP contribution in [-0.4, -0.2) is 87.5 Å².